The third kappa shape index (κ3) is 3.19. The summed E-state index contributed by atoms with van der Waals surface area (Å²) in [5.41, 5.74) is 2.87. The maximum Gasteiger partial charge on any atom is 0.0713 e. The zero-order valence-electron chi connectivity index (χ0n) is 13.3. The molecule has 2 unspecified atom stereocenters. The molecular weight excluding hydrogens is 234 g/mol. The quantitative estimate of drug-likeness (QED) is 0.907. The third-order valence-electron chi connectivity index (χ3n) is 4.04. The second-order valence-corrected chi connectivity index (χ2v) is 7.44. The molecule has 1 aliphatic rings. The van der Waals surface area contributed by atoms with E-state index in [2.05, 4.69) is 46.1 Å². The fourth-order valence-electron chi connectivity index (χ4n) is 3.26. The summed E-state index contributed by atoms with van der Waals surface area (Å²) in [6, 6.07) is 0.616. The van der Waals surface area contributed by atoms with E-state index in [0.717, 1.165) is 12.5 Å². The monoisotopic (exact) mass is 263 g/mol. The molecule has 2 atom stereocenters. The summed E-state index contributed by atoms with van der Waals surface area (Å²) in [7, 11) is 2.04. The second kappa shape index (κ2) is 5.28. The molecule has 0 spiro atoms. The van der Waals surface area contributed by atoms with E-state index in [1.807, 2.05) is 11.7 Å². The van der Waals surface area contributed by atoms with E-state index in [1.165, 1.54) is 24.1 Å². The molecule has 1 aromatic rings. The van der Waals surface area contributed by atoms with Crippen LogP contribution >= 0.6 is 0 Å². The molecule has 0 amide bonds. The SMILES string of the molecule is CC(C)CC1NCCC1c1cn(C)nc1C(C)(C)C. The van der Waals surface area contributed by atoms with Gasteiger partial charge in [0.05, 0.1) is 5.69 Å². The molecule has 1 aliphatic heterocycles. The van der Waals surface area contributed by atoms with Crippen LogP contribution in [0.4, 0.5) is 0 Å². The van der Waals surface area contributed by atoms with Crippen LogP contribution in [0, 0.1) is 5.92 Å². The first-order valence-electron chi connectivity index (χ1n) is 7.56. The third-order valence-corrected chi connectivity index (χ3v) is 4.04. The number of hydrogen-bond donors (Lipinski definition) is 1. The standard InChI is InChI=1S/C16H29N3/c1-11(2)9-14-12(7-8-17-14)13-10-19(6)18-15(13)16(3,4)5/h10-12,14,17H,7-9H2,1-6H3. The molecule has 1 N–H and O–H groups in total. The molecule has 0 saturated carbocycles. The topological polar surface area (TPSA) is 29.9 Å². The fraction of sp³-hybridized carbons (Fsp3) is 0.812. The van der Waals surface area contributed by atoms with Gasteiger partial charge in [-0.15, -0.1) is 0 Å². The van der Waals surface area contributed by atoms with Gasteiger partial charge in [0.2, 0.25) is 0 Å². The predicted molar refractivity (Wildman–Crippen MR) is 80.5 cm³/mol. The lowest BCUT2D eigenvalue weighted by Crippen LogP contribution is -2.28. The molecule has 0 bridgehead atoms. The fourth-order valence-corrected chi connectivity index (χ4v) is 3.26. The Kier molecular flexibility index (Phi) is 4.05. The normalized spacial score (nSPS) is 24.4. The van der Waals surface area contributed by atoms with E-state index in [0.29, 0.717) is 12.0 Å². The van der Waals surface area contributed by atoms with E-state index in [4.69, 9.17) is 5.10 Å². The van der Waals surface area contributed by atoms with Gasteiger partial charge in [-0.05, 0) is 30.9 Å². The maximum atomic E-state index is 4.73. The number of hydrogen-bond acceptors (Lipinski definition) is 2. The highest BCUT2D eigenvalue weighted by atomic mass is 15.3. The first-order chi connectivity index (χ1) is 8.79. The van der Waals surface area contributed by atoms with E-state index in [1.54, 1.807) is 0 Å². The van der Waals surface area contributed by atoms with Crippen LogP contribution in [0.1, 0.15) is 64.6 Å². The smallest absolute Gasteiger partial charge is 0.0713 e. The van der Waals surface area contributed by atoms with Crippen LogP contribution in [0.5, 0.6) is 0 Å². The van der Waals surface area contributed by atoms with Gasteiger partial charge in [-0.3, -0.25) is 4.68 Å². The van der Waals surface area contributed by atoms with Crippen LogP contribution in [0.3, 0.4) is 0 Å². The molecule has 2 heterocycles. The number of aryl methyl sites for hydroxylation is 1. The van der Waals surface area contributed by atoms with Gasteiger partial charge in [-0.1, -0.05) is 34.6 Å². The van der Waals surface area contributed by atoms with Crippen molar-refractivity contribution in [3.8, 4) is 0 Å². The molecule has 19 heavy (non-hydrogen) atoms. The lowest BCUT2D eigenvalue weighted by atomic mass is 9.81. The minimum absolute atomic E-state index is 0.127. The molecule has 1 fully saturated rings. The first-order valence-corrected chi connectivity index (χ1v) is 7.56. The molecule has 1 saturated heterocycles. The minimum atomic E-state index is 0.127. The lowest BCUT2D eigenvalue weighted by molar-refractivity contribution is 0.429. The molecule has 0 aromatic carbocycles. The van der Waals surface area contributed by atoms with Crippen molar-refractivity contribution in [1.29, 1.82) is 0 Å². The zero-order chi connectivity index (χ0) is 14.2. The van der Waals surface area contributed by atoms with E-state index in [9.17, 15) is 0 Å². The van der Waals surface area contributed by atoms with Crippen LogP contribution in [0.25, 0.3) is 0 Å². The average molecular weight is 263 g/mol. The van der Waals surface area contributed by atoms with Crippen LogP contribution in [-0.2, 0) is 12.5 Å². The van der Waals surface area contributed by atoms with Gasteiger partial charge in [-0.25, -0.2) is 0 Å². The Balaban J connectivity index is 2.30. The van der Waals surface area contributed by atoms with Gasteiger partial charge in [-0.2, -0.15) is 5.10 Å². The van der Waals surface area contributed by atoms with Crippen molar-refractivity contribution >= 4 is 0 Å². The summed E-state index contributed by atoms with van der Waals surface area (Å²) >= 11 is 0. The van der Waals surface area contributed by atoms with E-state index in [-0.39, 0.29) is 5.41 Å². The van der Waals surface area contributed by atoms with Gasteiger partial charge in [0, 0.05) is 30.6 Å². The Morgan fingerprint density at radius 1 is 1.42 bits per heavy atom. The molecule has 2 rings (SSSR count). The predicted octanol–water partition coefficient (Wildman–Crippen LogP) is 3.21. The Morgan fingerprint density at radius 2 is 2.11 bits per heavy atom. The van der Waals surface area contributed by atoms with Crippen molar-refractivity contribution in [2.75, 3.05) is 6.54 Å². The molecular formula is C16H29N3. The van der Waals surface area contributed by atoms with Crippen LogP contribution in [-0.4, -0.2) is 22.4 Å². The lowest BCUT2D eigenvalue weighted by Gasteiger charge is -2.25. The highest BCUT2D eigenvalue weighted by Crippen LogP contribution is 2.36. The van der Waals surface area contributed by atoms with Gasteiger partial charge in [0.25, 0.3) is 0 Å². The van der Waals surface area contributed by atoms with Crippen LogP contribution < -0.4 is 5.32 Å². The molecule has 0 aliphatic carbocycles. The maximum absolute atomic E-state index is 4.73. The van der Waals surface area contributed by atoms with Crippen molar-refractivity contribution in [3.63, 3.8) is 0 Å². The highest BCUT2D eigenvalue weighted by molar-refractivity contribution is 5.30. The Morgan fingerprint density at radius 3 is 2.68 bits per heavy atom. The van der Waals surface area contributed by atoms with Crippen molar-refractivity contribution in [2.24, 2.45) is 13.0 Å². The molecule has 0 radical (unpaired) electrons. The largest absolute Gasteiger partial charge is 0.313 e. The van der Waals surface area contributed by atoms with Crippen LogP contribution in [0.15, 0.2) is 6.20 Å². The van der Waals surface area contributed by atoms with Crippen molar-refractivity contribution in [3.05, 3.63) is 17.5 Å². The van der Waals surface area contributed by atoms with E-state index < -0.39 is 0 Å². The second-order valence-electron chi connectivity index (χ2n) is 7.44. The minimum Gasteiger partial charge on any atom is -0.313 e. The zero-order valence-corrected chi connectivity index (χ0v) is 13.3. The Hall–Kier alpha value is -0.830. The molecule has 3 nitrogen and oxygen atoms in total. The summed E-state index contributed by atoms with van der Waals surface area (Å²) < 4.78 is 1.99. The van der Waals surface area contributed by atoms with Gasteiger partial charge >= 0.3 is 0 Å². The molecule has 3 heteroatoms. The number of nitrogens with zero attached hydrogens (tertiary/aromatic N) is 2. The number of nitrogens with one attached hydrogen (secondary N) is 1. The number of rotatable bonds is 3. The van der Waals surface area contributed by atoms with E-state index >= 15 is 0 Å². The summed E-state index contributed by atoms with van der Waals surface area (Å²) in [4.78, 5) is 0. The van der Waals surface area contributed by atoms with Gasteiger partial charge in [0.1, 0.15) is 0 Å². The van der Waals surface area contributed by atoms with Gasteiger partial charge < -0.3 is 5.32 Å². The van der Waals surface area contributed by atoms with Crippen LogP contribution in [0.2, 0.25) is 0 Å². The summed E-state index contributed by atoms with van der Waals surface area (Å²) in [5, 5.41) is 8.42. The van der Waals surface area contributed by atoms with Crippen molar-refractivity contribution in [2.45, 2.75) is 64.8 Å². The molecule has 108 valence electrons. The summed E-state index contributed by atoms with van der Waals surface area (Å²) in [6.07, 6.45) is 4.74. The van der Waals surface area contributed by atoms with Crippen molar-refractivity contribution < 1.29 is 0 Å². The Labute approximate surface area is 117 Å². The average Bonchev–Trinajstić information content (AvgIpc) is 2.82. The summed E-state index contributed by atoms with van der Waals surface area (Å²) in [6.45, 7) is 12.5. The number of aromatic nitrogens is 2. The first kappa shape index (κ1) is 14.6. The van der Waals surface area contributed by atoms with Crippen molar-refractivity contribution in [1.82, 2.24) is 15.1 Å². The Bertz CT molecular complexity index is 426. The summed E-state index contributed by atoms with van der Waals surface area (Å²) in [5.74, 6) is 1.37. The molecule has 1 aromatic heterocycles. The van der Waals surface area contributed by atoms with Gasteiger partial charge in [0.15, 0.2) is 0 Å². The highest BCUT2D eigenvalue weighted by Gasteiger charge is 2.34.